The lowest BCUT2D eigenvalue weighted by atomic mass is 9.78. The topological polar surface area (TPSA) is 49.8 Å². The van der Waals surface area contributed by atoms with Crippen molar-refractivity contribution in [2.75, 3.05) is 26.7 Å². The first-order valence-corrected chi connectivity index (χ1v) is 6.11. The fourth-order valence-electron chi connectivity index (χ4n) is 2.36. The number of hydrogen-bond acceptors (Lipinski definition) is 4. The molecule has 4 nitrogen and oxygen atoms in total. The molecular weight excluding hydrogens is 206 g/mol. The highest BCUT2D eigenvalue weighted by Gasteiger charge is 2.42. The molecule has 0 bridgehead atoms. The molecule has 1 aliphatic rings. The molecule has 94 valence electrons. The number of rotatable bonds is 4. The lowest BCUT2D eigenvalue weighted by Crippen LogP contribution is -2.50. The fourth-order valence-corrected chi connectivity index (χ4v) is 2.36. The van der Waals surface area contributed by atoms with E-state index in [1.807, 2.05) is 14.0 Å². The summed E-state index contributed by atoms with van der Waals surface area (Å²) in [6.07, 6.45) is 1.95. The zero-order valence-electron chi connectivity index (χ0n) is 10.5. The molecule has 1 aliphatic heterocycles. The van der Waals surface area contributed by atoms with Gasteiger partial charge in [0.25, 0.3) is 0 Å². The van der Waals surface area contributed by atoms with E-state index >= 15 is 0 Å². The van der Waals surface area contributed by atoms with Gasteiger partial charge in [0.1, 0.15) is 0 Å². The third-order valence-corrected chi connectivity index (χ3v) is 3.48. The molecule has 0 radical (unpaired) electrons. The van der Waals surface area contributed by atoms with E-state index in [1.165, 1.54) is 0 Å². The molecule has 0 amide bonds. The number of aliphatic hydroxyl groups is 1. The maximum absolute atomic E-state index is 11.8. The van der Waals surface area contributed by atoms with Crippen molar-refractivity contribution in [1.29, 1.82) is 0 Å². The van der Waals surface area contributed by atoms with Gasteiger partial charge in [-0.25, -0.2) is 0 Å². The summed E-state index contributed by atoms with van der Waals surface area (Å²) in [6.45, 7) is 5.78. The Morgan fingerprint density at radius 2 is 2.00 bits per heavy atom. The second-order valence-electron chi connectivity index (χ2n) is 4.62. The van der Waals surface area contributed by atoms with E-state index in [9.17, 15) is 9.90 Å². The van der Waals surface area contributed by atoms with E-state index in [4.69, 9.17) is 4.74 Å². The van der Waals surface area contributed by atoms with Crippen molar-refractivity contribution in [3.63, 3.8) is 0 Å². The Labute approximate surface area is 97.6 Å². The first-order valence-electron chi connectivity index (χ1n) is 6.11. The molecule has 1 unspecified atom stereocenters. The molecule has 0 aromatic heterocycles. The number of ether oxygens (including phenoxy) is 1. The van der Waals surface area contributed by atoms with Gasteiger partial charge in [0.15, 0.2) is 0 Å². The summed E-state index contributed by atoms with van der Waals surface area (Å²) in [6, 6.07) is 0. The lowest BCUT2D eigenvalue weighted by Gasteiger charge is -2.40. The number of likely N-dealkylation sites (tertiary alicyclic amines) is 1. The van der Waals surface area contributed by atoms with Gasteiger partial charge < -0.3 is 14.7 Å². The number of hydrogen-bond donors (Lipinski definition) is 1. The summed E-state index contributed by atoms with van der Waals surface area (Å²) < 4.78 is 5.03. The standard InChI is InChI=1S/C12H23NO3/c1-4-10(11(14)16-5-2)12(15)6-8-13(3)9-7-12/h10,15H,4-9H2,1-3H3. The molecule has 0 spiro atoms. The highest BCUT2D eigenvalue weighted by molar-refractivity contribution is 5.73. The van der Waals surface area contributed by atoms with Crippen molar-refractivity contribution in [2.24, 2.45) is 5.92 Å². The monoisotopic (exact) mass is 229 g/mol. The summed E-state index contributed by atoms with van der Waals surface area (Å²) in [5, 5.41) is 10.5. The summed E-state index contributed by atoms with van der Waals surface area (Å²) in [4.78, 5) is 13.9. The number of carbonyl (C=O) groups is 1. The van der Waals surface area contributed by atoms with Gasteiger partial charge in [-0.05, 0) is 33.2 Å². The first-order chi connectivity index (χ1) is 7.53. The van der Waals surface area contributed by atoms with Crippen LogP contribution in [0.2, 0.25) is 0 Å². The SMILES string of the molecule is CCOC(=O)C(CC)C1(O)CCN(C)CC1. The zero-order valence-corrected chi connectivity index (χ0v) is 10.5. The molecule has 0 aromatic carbocycles. The van der Waals surface area contributed by atoms with Gasteiger partial charge in [-0.2, -0.15) is 0 Å². The van der Waals surface area contributed by atoms with Crippen LogP contribution in [0.15, 0.2) is 0 Å². The Hall–Kier alpha value is -0.610. The summed E-state index contributed by atoms with van der Waals surface area (Å²) >= 11 is 0. The number of esters is 1. The molecule has 1 atom stereocenters. The molecule has 4 heteroatoms. The molecule has 1 saturated heterocycles. The minimum atomic E-state index is -0.868. The molecule has 1 N–H and O–H groups in total. The molecule has 0 aromatic rings. The Bertz CT molecular complexity index is 234. The van der Waals surface area contributed by atoms with Gasteiger partial charge in [-0.15, -0.1) is 0 Å². The van der Waals surface area contributed by atoms with Crippen LogP contribution >= 0.6 is 0 Å². The quantitative estimate of drug-likeness (QED) is 0.732. The third-order valence-electron chi connectivity index (χ3n) is 3.48. The van der Waals surface area contributed by atoms with Crippen molar-refractivity contribution in [3.8, 4) is 0 Å². The second-order valence-corrected chi connectivity index (χ2v) is 4.62. The van der Waals surface area contributed by atoms with E-state index in [1.54, 1.807) is 6.92 Å². The number of nitrogens with zero attached hydrogens (tertiary/aromatic N) is 1. The predicted octanol–water partition coefficient (Wildman–Crippen LogP) is 1.03. The maximum Gasteiger partial charge on any atom is 0.311 e. The number of carbonyl (C=O) groups excluding carboxylic acids is 1. The van der Waals surface area contributed by atoms with Crippen LogP contribution in [0, 0.1) is 5.92 Å². The van der Waals surface area contributed by atoms with Crippen molar-refractivity contribution in [3.05, 3.63) is 0 Å². The van der Waals surface area contributed by atoms with Gasteiger partial charge in [0.05, 0.1) is 18.1 Å². The Balaban J connectivity index is 2.67. The summed E-state index contributed by atoms with van der Waals surface area (Å²) in [7, 11) is 2.03. The maximum atomic E-state index is 11.8. The van der Waals surface area contributed by atoms with Crippen LogP contribution in [0.25, 0.3) is 0 Å². The van der Waals surface area contributed by atoms with Gasteiger partial charge in [-0.1, -0.05) is 6.92 Å². The largest absolute Gasteiger partial charge is 0.466 e. The van der Waals surface area contributed by atoms with Crippen LogP contribution < -0.4 is 0 Å². The Morgan fingerprint density at radius 1 is 1.44 bits per heavy atom. The van der Waals surface area contributed by atoms with Crippen molar-refractivity contribution in [2.45, 2.75) is 38.7 Å². The van der Waals surface area contributed by atoms with Gasteiger partial charge in [-0.3, -0.25) is 4.79 Å². The van der Waals surface area contributed by atoms with E-state index in [0.717, 1.165) is 13.1 Å². The highest BCUT2D eigenvalue weighted by atomic mass is 16.5. The van der Waals surface area contributed by atoms with Gasteiger partial charge in [0, 0.05) is 13.1 Å². The molecule has 1 heterocycles. The Kier molecular flexibility index (Phi) is 4.74. The minimum Gasteiger partial charge on any atom is -0.466 e. The lowest BCUT2D eigenvalue weighted by molar-refractivity contribution is -0.162. The molecular formula is C12H23NO3. The predicted molar refractivity (Wildman–Crippen MR) is 62.1 cm³/mol. The molecule has 1 fully saturated rings. The first kappa shape index (κ1) is 13.5. The normalized spacial score (nSPS) is 22.8. The van der Waals surface area contributed by atoms with E-state index in [2.05, 4.69) is 4.90 Å². The van der Waals surface area contributed by atoms with Crippen molar-refractivity contribution < 1.29 is 14.6 Å². The van der Waals surface area contributed by atoms with Crippen LogP contribution in [0.3, 0.4) is 0 Å². The summed E-state index contributed by atoms with van der Waals surface area (Å²) in [5.74, 6) is -0.627. The second kappa shape index (κ2) is 5.64. The Morgan fingerprint density at radius 3 is 2.44 bits per heavy atom. The van der Waals surface area contributed by atoms with Crippen molar-refractivity contribution >= 4 is 5.97 Å². The van der Waals surface area contributed by atoms with Crippen LogP contribution in [-0.4, -0.2) is 48.3 Å². The molecule has 16 heavy (non-hydrogen) atoms. The smallest absolute Gasteiger partial charge is 0.311 e. The van der Waals surface area contributed by atoms with E-state index in [-0.39, 0.29) is 11.9 Å². The van der Waals surface area contributed by atoms with E-state index in [0.29, 0.717) is 25.9 Å². The van der Waals surface area contributed by atoms with Crippen molar-refractivity contribution in [1.82, 2.24) is 4.90 Å². The highest BCUT2D eigenvalue weighted by Crippen LogP contribution is 2.32. The summed E-state index contributed by atoms with van der Waals surface area (Å²) in [5.41, 5.74) is -0.868. The fraction of sp³-hybridized carbons (Fsp3) is 0.917. The third kappa shape index (κ3) is 2.95. The molecule has 1 rings (SSSR count). The number of piperidine rings is 1. The van der Waals surface area contributed by atoms with E-state index < -0.39 is 5.60 Å². The molecule has 0 saturated carbocycles. The minimum absolute atomic E-state index is 0.253. The molecule has 0 aliphatic carbocycles. The van der Waals surface area contributed by atoms with Gasteiger partial charge in [0.2, 0.25) is 0 Å². The van der Waals surface area contributed by atoms with Crippen LogP contribution in [-0.2, 0) is 9.53 Å². The average molecular weight is 229 g/mol. The van der Waals surface area contributed by atoms with Crippen LogP contribution in [0.1, 0.15) is 33.1 Å². The van der Waals surface area contributed by atoms with Crippen LogP contribution in [0.5, 0.6) is 0 Å². The van der Waals surface area contributed by atoms with Crippen LogP contribution in [0.4, 0.5) is 0 Å². The average Bonchev–Trinajstić information content (AvgIpc) is 2.24. The van der Waals surface area contributed by atoms with Gasteiger partial charge >= 0.3 is 5.97 Å². The zero-order chi connectivity index (χ0) is 12.2.